The number of nitrogens with zero attached hydrogens (tertiary/aromatic N) is 6. The van der Waals surface area contributed by atoms with Gasteiger partial charge < -0.3 is 49.7 Å². The van der Waals surface area contributed by atoms with E-state index in [0.717, 1.165) is 77.4 Å². The molecule has 0 aliphatic carbocycles. The monoisotopic (exact) mass is 921 g/mol. The average Bonchev–Trinajstić information content (AvgIpc) is 4.18. The second-order valence-corrected chi connectivity index (χ2v) is 18.7. The summed E-state index contributed by atoms with van der Waals surface area (Å²) in [7, 11) is 2.57. The molecule has 17 heteroatoms. The van der Waals surface area contributed by atoms with Crippen LogP contribution in [0.3, 0.4) is 0 Å². The lowest BCUT2D eigenvalue weighted by molar-refractivity contribution is -0.136. The number of benzene rings is 3. The predicted molar refractivity (Wildman–Crippen MR) is 255 cm³/mol. The summed E-state index contributed by atoms with van der Waals surface area (Å²) in [6.45, 7) is 14.1. The highest BCUT2D eigenvalue weighted by molar-refractivity contribution is 5.88. The normalized spacial score (nSPS) is 20.6. The first kappa shape index (κ1) is 47.1. The SMILES string of the molecule is CCN(CC)c1ccc(N2C(c3ccc4nc([C@@H]5CCCN5C(=O)[C@@H](NC(=O)OC)C(C)C)[nH]c4c3)CC[C@@H]2c2ccc3nc([C@@H]4CCCN4C(=O)[C@@H](NC(=O)OC)C(C)C)[nH]c3c2)cc1F. The Morgan fingerprint density at radius 2 is 1.15 bits per heavy atom. The Hall–Kier alpha value is -6.39. The Labute approximate surface area is 391 Å². The number of nitrogens with one attached hydrogen (secondary N) is 4. The fraction of sp³-hybridized carbons (Fsp3) is 0.520. The molecular weight excluding hydrogens is 856 g/mol. The summed E-state index contributed by atoms with van der Waals surface area (Å²) in [5, 5.41) is 5.45. The van der Waals surface area contributed by atoms with Crippen LogP contribution in [0.4, 0.5) is 25.4 Å². The molecule has 16 nitrogen and oxygen atoms in total. The van der Waals surface area contributed by atoms with Gasteiger partial charge in [-0.25, -0.2) is 23.9 Å². The van der Waals surface area contributed by atoms with Crippen LogP contribution in [0.2, 0.25) is 0 Å². The van der Waals surface area contributed by atoms with Crippen LogP contribution in [0.1, 0.15) is 127 Å². The molecule has 4 amide bonds. The molecule has 1 unspecified atom stereocenters. The van der Waals surface area contributed by atoms with Crippen molar-refractivity contribution in [2.75, 3.05) is 50.2 Å². The van der Waals surface area contributed by atoms with E-state index in [1.54, 1.807) is 6.07 Å². The minimum Gasteiger partial charge on any atom is -0.453 e. The highest BCUT2D eigenvalue weighted by Crippen LogP contribution is 2.48. The predicted octanol–water partition coefficient (Wildman–Crippen LogP) is 8.60. The van der Waals surface area contributed by atoms with Gasteiger partial charge in [-0.05, 0) is 118 Å². The van der Waals surface area contributed by atoms with Crippen LogP contribution >= 0.6 is 0 Å². The van der Waals surface area contributed by atoms with Crippen molar-refractivity contribution in [2.45, 2.75) is 116 Å². The number of methoxy groups -OCH3 is 2. The van der Waals surface area contributed by atoms with Gasteiger partial charge in [0, 0.05) is 31.9 Å². The lowest BCUT2D eigenvalue weighted by Gasteiger charge is -2.34. The Morgan fingerprint density at radius 1 is 0.687 bits per heavy atom. The highest BCUT2D eigenvalue weighted by atomic mass is 19.1. The molecule has 3 fully saturated rings. The minimum absolute atomic E-state index is 0.112. The number of carbonyl (C=O) groups excluding carboxylic acids is 4. The number of aromatic amines is 2. The smallest absolute Gasteiger partial charge is 0.407 e. The van der Waals surface area contributed by atoms with Crippen LogP contribution in [0.15, 0.2) is 54.6 Å². The Balaban J connectivity index is 1.10. The Morgan fingerprint density at radius 3 is 1.55 bits per heavy atom. The number of anilines is 2. The number of ether oxygens (including phenoxy) is 2. The van der Waals surface area contributed by atoms with E-state index in [1.165, 1.54) is 14.2 Å². The topological polar surface area (TPSA) is 181 Å². The second kappa shape index (κ2) is 19.8. The number of amides is 4. The number of fused-ring (bicyclic) bond motifs is 2. The first-order valence-corrected chi connectivity index (χ1v) is 23.9. The summed E-state index contributed by atoms with van der Waals surface area (Å²) in [4.78, 5) is 77.2. The van der Waals surface area contributed by atoms with E-state index >= 15 is 4.39 Å². The molecule has 3 saturated heterocycles. The lowest BCUT2D eigenvalue weighted by Crippen LogP contribution is -2.51. The van der Waals surface area contributed by atoms with Gasteiger partial charge in [0.15, 0.2) is 0 Å². The summed E-state index contributed by atoms with van der Waals surface area (Å²) >= 11 is 0. The number of alkyl carbamates (subject to hydrolysis) is 2. The number of carbonyl (C=O) groups is 4. The summed E-state index contributed by atoms with van der Waals surface area (Å²) in [5.74, 6) is 0.496. The van der Waals surface area contributed by atoms with Crippen molar-refractivity contribution in [3.05, 3.63) is 83.2 Å². The molecule has 0 radical (unpaired) electrons. The standard InChI is InChI=1S/C50H65FN10O6/c1-9-58(10-2)40-20-17-32(27-33(40)51)61-38(30-15-18-34-36(25-30)54-45(52-34)41-13-11-23-59(41)47(62)43(28(3)4)56-49(64)66-7)21-22-39(61)31-16-19-35-37(26-31)55-46(53-35)42-14-12-24-60(42)48(63)44(29(5)6)57-50(65)67-8/h15-20,25-29,38-39,41-44H,9-14,21-24H2,1-8H3,(H,52,54)(H,53,55)(H,56,64)(H,57,65)/t38-,39?,41+,42+,43+,44+/m1/s1. The molecule has 4 N–H and O–H groups in total. The van der Waals surface area contributed by atoms with Gasteiger partial charge in [-0.1, -0.05) is 39.8 Å². The molecule has 8 rings (SSSR count). The number of aromatic nitrogens is 4. The van der Waals surface area contributed by atoms with Gasteiger partial charge in [-0.2, -0.15) is 0 Å². The van der Waals surface area contributed by atoms with Crippen LogP contribution in [-0.4, -0.2) is 106 Å². The minimum atomic E-state index is -0.735. The Kier molecular flexibility index (Phi) is 13.9. The lowest BCUT2D eigenvalue weighted by atomic mass is 10.0. The summed E-state index contributed by atoms with van der Waals surface area (Å²) < 4.78 is 25.9. The van der Waals surface area contributed by atoms with Gasteiger partial charge in [0.1, 0.15) is 29.5 Å². The summed E-state index contributed by atoms with van der Waals surface area (Å²) in [6.07, 6.45) is 3.40. The average molecular weight is 921 g/mol. The number of imidazole rings is 2. The van der Waals surface area contributed by atoms with Crippen LogP contribution in [0, 0.1) is 17.7 Å². The number of likely N-dealkylation sites (tertiary alicyclic amines) is 2. The third kappa shape index (κ3) is 9.33. The van der Waals surface area contributed by atoms with Crippen molar-refractivity contribution in [1.82, 2.24) is 40.4 Å². The molecule has 0 spiro atoms. The fourth-order valence-corrected chi connectivity index (χ4v) is 10.5. The zero-order valence-electron chi connectivity index (χ0n) is 39.9. The van der Waals surface area contributed by atoms with Gasteiger partial charge in [-0.3, -0.25) is 9.59 Å². The maximum Gasteiger partial charge on any atom is 0.407 e. The zero-order valence-corrected chi connectivity index (χ0v) is 39.9. The van der Waals surface area contributed by atoms with Crippen molar-refractivity contribution in [2.24, 2.45) is 11.8 Å². The zero-order chi connectivity index (χ0) is 47.7. The maximum absolute atomic E-state index is 16.2. The third-order valence-corrected chi connectivity index (χ3v) is 14.0. The number of rotatable bonds is 14. The molecule has 3 aromatic carbocycles. The highest BCUT2D eigenvalue weighted by Gasteiger charge is 2.41. The van der Waals surface area contributed by atoms with Gasteiger partial charge in [0.25, 0.3) is 0 Å². The van der Waals surface area contributed by atoms with E-state index in [4.69, 9.17) is 19.4 Å². The molecule has 5 heterocycles. The molecule has 0 bridgehead atoms. The van der Waals surface area contributed by atoms with E-state index in [0.29, 0.717) is 43.5 Å². The van der Waals surface area contributed by atoms with Gasteiger partial charge >= 0.3 is 12.2 Å². The van der Waals surface area contributed by atoms with Gasteiger partial charge in [-0.15, -0.1) is 0 Å². The third-order valence-electron chi connectivity index (χ3n) is 14.0. The number of halogens is 1. The van der Waals surface area contributed by atoms with Crippen LogP contribution in [0.5, 0.6) is 0 Å². The van der Waals surface area contributed by atoms with Crippen LogP contribution < -0.4 is 20.4 Å². The van der Waals surface area contributed by atoms with Gasteiger partial charge in [0.05, 0.1) is 66.1 Å². The fourth-order valence-electron chi connectivity index (χ4n) is 10.5. The van der Waals surface area contributed by atoms with Crippen molar-refractivity contribution in [3.63, 3.8) is 0 Å². The van der Waals surface area contributed by atoms with E-state index in [-0.39, 0.29) is 53.6 Å². The molecule has 0 saturated carbocycles. The quantitative estimate of drug-likeness (QED) is 0.0843. The first-order valence-electron chi connectivity index (χ1n) is 23.9. The van der Waals surface area contributed by atoms with E-state index < -0.39 is 24.3 Å². The largest absolute Gasteiger partial charge is 0.453 e. The Bertz CT molecular complexity index is 2460. The molecule has 3 aliphatic heterocycles. The van der Waals surface area contributed by atoms with Crippen molar-refractivity contribution in [1.29, 1.82) is 0 Å². The van der Waals surface area contributed by atoms with Gasteiger partial charge in [0.2, 0.25) is 11.8 Å². The summed E-state index contributed by atoms with van der Waals surface area (Å²) in [5.41, 5.74) is 6.70. The molecule has 67 heavy (non-hydrogen) atoms. The number of hydrogen-bond acceptors (Lipinski definition) is 10. The summed E-state index contributed by atoms with van der Waals surface area (Å²) in [6, 6.07) is 15.8. The van der Waals surface area contributed by atoms with Crippen molar-refractivity contribution >= 4 is 57.4 Å². The molecule has 2 aromatic heterocycles. The number of hydrogen-bond donors (Lipinski definition) is 4. The second-order valence-electron chi connectivity index (χ2n) is 18.7. The van der Waals surface area contributed by atoms with Crippen molar-refractivity contribution < 1.29 is 33.0 Å². The first-order chi connectivity index (χ1) is 32.2. The molecule has 5 aromatic rings. The maximum atomic E-state index is 16.2. The van der Waals surface area contributed by atoms with E-state index in [2.05, 4.69) is 49.8 Å². The van der Waals surface area contributed by atoms with E-state index in [9.17, 15) is 19.2 Å². The number of H-pyrrole nitrogens is 2. The molecule has 358 valence electrons. The molecule has 3 aliphatic rings. The molecule has 6 atom stereocenters. The van der Waals surface area contributed by atoms with E-state index in [1.807, 2.05) is 80.5 Å². The molecular formula is C50H65FN10O6. The van der Waals surface area contributed by atoms with Crippen LogP contribution in [-0.2, 0) is 19.1 Å². The van der Waals surface area contributed by atoms with Crippen LogP contribution in [0.25, 0.3) is 22.1 Å². The van der Waals surface area contributed by atoms with Crippen molar-refractivity contribution in [3.8, 4) is 0 Å².